The first kappa shape index (κ1) is 29.6. The van der Waals surface area contributed by atoms with E-state index in [9.17, 15) is 0 Å². The molecular formula is C45H28N4O3. The van der Waals surface area contributed by atoms with Crippen LogP contribution in [0.1, 0.15) is 0 Å². The Kier molecular flexibility index (Phi) is 6.99. The lowest BCUT2D eigenvalue weighted by molar-refractivity contribution is 0.360. The zero-order valence-corrected chi connectivity index (χ0v) is 27.7. The van der Waals surface area contributed by atoms with Crippen molar-refractivity contribution in [3.8, 4) is 79.8 Å². The number of aromatic nitrogens is 3. The van der Waals surface area contributed by atoms with E-state index in [0.717, 1.165) is 56.4 Å². The van der Waals surface area contributed by atoms with Crippen LogP contribution in [0.4, 0.5) is 17.1 Å². The van der Waals surface area contributed by atoms with Crippen LogP contribution < -0.4 is 19.1 Å². The van der Waals surface area contributed by atoms with Crippen molar-refractivity contribution >= 4 is 17.1 Å². The molecule has 0 atom stereocenters. The molecular weight excluding hydrogens is 645 g/mol. The van der Waals surface area contributed by atoms with Gasteiger partial charge in [-0.05, 0) is 77.9 Å². The predicted octanol–water partition coefficient (Wildman–Crippen LogP) is 12.0. The quantitative estimate of drug-likeness (QED) is 0.180. The van der Waals surface area contributed by atoms with Gasteiger partial charge in [-0.2, -0.15) is 0 Å². The lowest BCUT2D eigenvalue weighted by Gasteiger charge is -2.33. The fraction of sp³-hybridized carbons (Fsp3) is 0. The molecule has 0 fully saturated rings. The number of benzene rings is 7. The van der Waals surface area contributed by atoms with Crippen LogP contribution >= 0.6 is 0 Å². The maximum Gasteiger partial charge on any atom is 0.170 e. The first-order valence-corrected chi connectivity index (χ1v) is 17.0. The van der Waals surface area contributed by atoms with Crippen molar-refractivity contribution in [3.05, 3.63) is 170 Å². The van der Waals surface area contributed by atoms with Gasteiger partial charge in [-0.1, -0.05) is 103 Å². The maximum atomic E-state index is 6.53. The highest BCUT2D eigenvalue weighted by atomic mass is 16.6. The summed E-state index contributed by atoms with van der Waals surface area (Å²) < 4.78 is 19.3. The molecule has 7 aromatic carbocycles. The maximum absolute atomic E-state index is 6.53. The Morgan fingerprint density at radius 3 is 1.40 bits per heavy atom. The molecule has 0 aliphatic carbocycles. The summed E-state index contributed by atoms with van der Waals surface area (Å²) in [6.45, 7) is 0. The van der Waals surface area contributed by atoms with E-state index in [4.69, 9.17) is 29.2 Å². The van der Waals surface area contributed by atoms with Gasteiger partial charge in [0.15, 0.2) is 52.0 Å². The van der Waals surface area contributed by atoms with E-state index in [1.807, 2.05) is 133 Å². The average molecular weight is 673 g/mol. The van der Waals surface area contributed by atoms with Crippen LogP contribution in [-0.4, -0.2) is 15.0 Å². The van der Waals surface area contributed by atoms with Crippen molar-refractivity contribution < 1.29 is 14.2 Å². The molecule has 246 valence electrons. The topological polar surface area (TPSA) is 69.6 Å². The fourth-order valence-electron chi connectivity index (χ4n) is 6.63. The molecule has 0 spiro atoms. The van der Waals surface area contributed by atoms with Crippen LogP contribution in [0.5, 0.6) is 34.5 Å². The van der Waals surface area contributed by atoms with Gasteiger partial charge in [0.1, 0.15) is 0 Å². The molecule has 0 saturated heterocycles. The highest BCUT2D eigenvalue weighted by molar-refractivity contribution is 5.88. The Morgan fingerprint density at radius 1 is 0.308 bits per heavy atom. The molecule has 7 nitrogen and oxygen atoms in total. The number of para-hydroxylation sites is 3. The van der Waals surface area contributed by atoms with E-state index in [-0.39, 0.29) is 0 Å². The second-order valence-electron chi connectivity index (χ2n) is 12.5. The lowest BCUT2D eigenvalue weighted by atomic mass is 10.0. The zero-order valence-electron chi connectivity index (χ0n) is 27.7. The molecule has 7 heteroatoms. The summed E-state index contributed by atoms with van der Waals surface area (Å²) in [7, 11) is 0. The van der Waals surface area contributed by atoms with Crippen LogP contribution in [0.25, 0.3) is 45.3 Å². The van der Waals surface area contributed by atoms with E-state index in [1.54, 1.807) is 0 Å². The standard InChI is InChI=1S/C45H28N4O3/c1-4-12-29(13-5-1)43-46-44(30-14-6-2-7-15-30)48-45(47-43)33-22-25-39-42(28-33)52-41-27-32(21-24-38(41)51-39)31-20-23-36-40(26-31)50-37-19-11-10-18-35(37)49(36)34-16-8-3-9-17-34/h1-28H. The third kappa shape index (κ3) is 5.28. The van der Waals surface area contributed by atoms with Gasteiger partial charge in [-0.3, -0.25) is 0 Å². The van der Waals surface area contributed by atoms with E-state index < -0.39 is 0 Å². The van der Waals surface area contributed by atoms with E-state index in [1.165, 1.54) is 0 Å². The molecule has 52 heavy (non-hydrogen) atoms. The zero-order chi connectivity index (χ0) is 34.4. The minimum Gasteiger partial charge on any atom is -0.453 e. The van der Waals surface area contributed by atoms with Crippen LogP contribution in [0.2, 0.25) is 0 Å². The highest BCUT2D eigenvalue weighted by Gasteiger charge is 2.27. The largest absolute Gasteiger partial charge is 0.453 e. The monoisotopic (exact) mass is 672 g/mol. The summed E-state index contributed by atoms with van der Waals surface area (Å²) in [5.74, 6) is 5.75. The lowest BCUT2D eigenvalue weighted by Crippen LogP contribution is -2.15. The molecule has 3 heterocycles. The van der Waals surface area contributed by atoms with Gasteiger partial charge in [0.2, 0.25) is 0 Å². The number of ether oxygens (including phenoxy) is 3. The summed E-state index contributed by atoms with van der Waals surface area (Å²) in [5.41, 5.74) is 7.59. The van der Waals surface area contributed by atoms with E-state index in [0.29, 0.717) is 40.5 Å². The van der Waals surface area contributed by atoms with Crippen LogP contribution in [0.3, 0.4) is 0 Å². The minimum absolute atomic E-state index is 0.541. The molecule has 0 saturated carbocycles. The number of hydrogen-bond acceptors (Lipinski definition) is 7. The van der Waals surface area contributed by atoms with Crippen LogP contribution in [-0.2, 0) is 0 Å². The first-order chi connectivity index (χ1) is 25.7. The minimum atomic E-state index is 0.541. The summed E-state index contributed by atoms with van der Waals surface area (Å²) in [6, 6.07) is 56.3. The van der Waals surface area contributed by atoms with Crippen molar-refractivity contribution in [1.29, 1.82) is 0 Å². The number of hydrogen-bond donors (Lipinski definition) is 0. The van der Waals surface area contributed by atoms with Crippen molar-refractivity contribution in [2.75, 3.05) is 4.90 Å². The number of rotatable bonds is 5. The van der Waals surface area contributed by atoms with Crippen LogP contribution in [0, 0.1) is 0 Å². The molecule has 0 unspecified atom stereocenters. The molecule has 0 amide bonds. The van der Waals surface area contributed by atoms with Crippen LogP contribution in [0.15, 0.2) is 170 Å². The Labute approximate surface area is 300 Å². The molecule has 1 aromatic heterocycles. The SMILES string of the molecule is c1ccc(-c2nc(-c3ccccc3)nc(-c3ccc4c(c3)Oc3cc(-c5ccc6c(c5)Oc5ccccc5N6c5ccccc5)ccc3O4)n2)cc1. The highest BCUT2D eigenvalue weighted by Crippen LogP contribution is 2.52. The van der Waals surface area contributed by atoms with Gasteiger partial charge in [-0.15, -0.1) is 0 Å². The molecule has 0 N–H and O–H groups in total. The van der Waals surface area contributed by atoms with Crippen molar-refractivity contribution in [2.45, 2.75) is 0 Å². The van der Waals surface area contributed by atoms with Crippen molar-refractivity contribution in [1.82, 2.24) is 15.0 Å². The van der Waals surface area contributed by atoms with E-state index in [2.05, 4.69) is 41.3 Å². The Hall–Kier alpha value is -7.25. The second-order valence-corrected chi connectivity index (χ2v) is 12.5. The average Bonchev–Trinajstić information content (AvgIpc) is 3.22. The molecule has 8 aromatic rings. The normalized spacial score (nSPS) is 12.3. The fourth-order valence-corrected chi connectivity index (χ4v) is 6.63. The Bertz CT molecular complexity index is 2560. The van der Waals surface area contributed by atoms with Gasteiger partial charge in [0.05, 0.1) is 11.4 Å². The smallest absolute Gasteiger partial charge is 0.170 e. The number of nitrogens with zero attached hydrogens (tertiary/aromatic N) is 4. The summed E-state index contributed by atoms with van der Waals surface area (Å²) in [5, 5.41) is 0. The van der Waals surface area contributed by atoms with Gasteiger partial charge < -0.3 is 19.1 Å². The molecule has 10 rings (SSSR count). The van der Waals surface area contributed by atoms with Gasteiger partial charge in [0.25, 0.3) is 0 Å². The third-order valence-corrected chi connectivity index (χ3v) is 9.16. The van der Waals surface area contributed by atoms with Gasteiger partial charge in [-0.25, -0.2) is 15.0 Å². The van der Waals surface area contributed by atoms with Crippen molar-refractivity contribution in [3.63, 3.8) is 0 Å². The first-order valence-electron chi connectivity index (χ1n) is 17.0. The summed E-state index contributed by atoms with van der Waals surface area (Å²) >= 11 is 0. The molecule has 0 radical (unpaired) electrons. The summed E-state index contributed by atoms with van der Waals surface area (Å²) in [4.78, 5) is 16.8. The molecule has 2 aliphatic rings. The molecule has 0 bridgehead atoms. The Morgan fingerprint density at radius 2 is 0.750 bits per heavy atom. The number of fused-ring (bicyclic) bond motifs is 4. The third-order valence-electron chi connectivity index (χ3n) is 9.16. The summed E-state index contributed by atoms with van der Waals surface area (Å²) in [6.07, 6.45) is 0. The second kappa shape index (κ2) is 12.3. The van der Waals surface area contributed by atoms with Gasteiger partial charge in [0, 0.05) is 22.4 Å². The Balaban J connectivity index is 0.990. The molecule has 2 aliphatic heterocycles. The van der Waals surface area contributed by atoms with Crippen molar-refractivity contribution in [2.24, 2.45) is 0 Å². The van der Waals surface area contributed by atoms with E-state index >= 15 is 0 Å². The number of anilines is 3. The predicted molar refractivity (Wildman–Crippen MR) is 203 cm³/mol. The van der Waals surface area contributed by atoms with Gasteiger partial charge >= 0.3 is 0 Å².